The largest absolute Gasteiger partial charge is 0.494 e. The first kappa shape index (κ1) is 13.8. The Bertz CT molecular complexity index is 774. The highest BCUT2D eigenvalue weighted by molar-refractivity contribution is 7.16. The quantitative estimate of drug-likeness (QED) is 0.739. The lowest BCUT2D eigenvalue weighted by Gasteiger charge is -2.19. The summed E-state index contributed by atoms with van der Waals surface area (Å²) in [4.78, 5) is 11.5. The minimum absolute atomic E-state index is 0.253. The molecule has 0 bridgehead atoms. The van der Waals surface area contributed by atoms with Gasteiger partial charge in [-0.15, -0.1) is 11.3 Å². The maximum atomic E-state index is 13.7. The number of anilines is 1. The van der Waals surface area contributed by atoms with Crippen LogP contribution >= 0.6 is 11.3 Å². The molecule has 108 valence electrons. The maximum Gasteiger partial charge on any atom is 0.165 e. The van der Waals surface area contributed by atoms with Gasteiger partial charge in [0.25, 0.3) is 0 Å². The van der Waals surface area contributed by atoms with Gasteiger partial charge in [0.15, 0.2) is 11.6 Å². The minimum atomic E-state index is -0.355. The molecule has 0 N–H and O–H groups in total. The van der Waals surface area contributed by atoms with Crippen LogP contribution in [-0.2, 0) is 6.54 Å². The van der Waals surface area contributed by atoms with Crippen molar-refractivity contribution in [1.29, 1.82) is 0 Å². The molecule has 2 aromatic heterocycles. The highest BCUT2D eigenvalue weighted by Gasteiger charge is 2.11. The number of benzene rings is 1. The van der Waals surface area contributed by atoms with Crippen LogP contribution in [0.4, 0.5) is 10.2 Å². The molecule has 0 fully saturated rings. The first-order valence-electron chi connectivity index (χ1n) is 6.41. The SMILES string of the molecule is COc1ccc(CN(C)c2ncnc3sccc23)cc1F. The molecule has 2 heterocycles. The number of hydrogen-bond acceptors (Lipinski definition) is 5. The minimum Gasteiger partial charge on any atom is -0.494 e. The molecule has 21 heavy (non-hydrogen) atoms. The number of aromatic nitrogens is 2. The van der Waals surface area contributed by atoms with E-state index in [1.165, 1.54) is 13.2 Å². The van der Waals surface area contributed by atoms with E-state index < -0.39 is 0 Å². The van der Waals surface area contributed by atoms with Crippen LogP contribution in [0.2, 0.25) is 0 Å². The van der Waals surface area contributed by atoms with Crippen molar-refractivity contribution in [2.45, 2.75) is 6.54 Å². The van der Waals surface area contributed by atoms with Crippen LogP contribution in [0.25, 0.3) is 10.2 Å². The lowest BCUT2D eigenvalue weighted by atomic mass is 10.2. The summed E-state index contributed by atoms with van der Waals surface area (Å²) in [5, 5.41) is 3.00. The number of fused-ring (bicyclic) bond motifs is 1. The fourth-order valence-corrected chi connectivity index (χ4v) is 2.97. The molecule has 0 aliphatic carbocycles. The van der Waals surface area contributed by atoms with E-state index in [-0.39, 0.29) is 11.6 Å². The summed E-state index contributed by atoms with van der Waals surface area (Å²) in [5.74, 6) is 0.743. The second-order valence-electron chi connectivity index (χ2n) is 4.66. The van der Waals surface area contributed by atoms with Crippen molar-refractivity contribution in [1.82, 2.24) is 9.97 Å². The average molecular weight is 303 g/mol. The summed E-state index contributed by atoms with van der Waals surface area (Å²) in [7, 11) is 3.39. The predicted octanol–water partition coefficient (Wildman–Crippen LogP) is 3.48. The van der Waals surface area contributed by atoms with E-state index in [1.54, 1.807) is 23.7 Å². The first-order valence-corrected chi connectivity index (χ1v) is 7.29. The summed E-state index contributed by atoms with van der Waals surface area (Å²) >= 11 is 1.58. The van der Waals surface area contributed by atoms with Gasteiger partial charge < -0.3 is 9.64 Å². The van der Waals surface area contributed by atoms with Gasteiger partial charge in [-0.1, -0.05) is 6.07 Å². The fourth-order valence-electron chi connectivity index (χ4n) is 2.24. The monoisotopic (exact) mass is 303 g/mol. The summed E-state index contributed by atoms with van der Waals surface area (Å²) in [6, 6.07) is 6.98. The molecule has 0 amide bonds. The van der Waals surface area contributed by atoms with Crippen LogP contribution in [-0.4, -0.2) is 24.1 Å². The van der Waals surface area contributed by atoms with Crippen LogP contribution in [0.15, 0.2) is 36.0 Å². The van der Waals surface area contributed by atoms with Crippen LogP contribution in [0.5, 0.6) is 5.75 Å². The third-order valence-corrected chi connectivity index (χ3v) is 4.06. The molecular formula is C15H14FN3OS. The normalized spacial score (nSPS) is 10.8. The first-order chi connectivity index (χ1) is 10.2. The van der Waals surface area contributed by atoms with Crippen LogP contribution in [0.1, 0.15) is 5.56 Å². The molecule has 0 unspecified atom stereocenters. The molecular weight excluding hydrogens is 289 g/mol. The van der Waals surface area contributed by atoms with E-state index in [2.05, 4.69) is 9.97 Å². The van der Waals surface area contributed by atoms with Gasteiger partial charge in [0.2, 0.25) is 0 Å². The lowest BCUT2D eigenvalue weighted by molar-refractivity contribution is 0.386. The molecule has 0 spiro atoms. The van der Waals surface area contributed by atoms with Crippen molar-refractivity contribution in [2.75, 3.05) is 19.1 Å². The fraction of sp³-hybridized carbons (Fsp3) is 0.200. The third-order valence-electron chi connectivity index (χ3n) is 3.24. The van der Waals surface area contributed by atoms with Crippen LogP contribution in [0.3, 0.4) is 0 Å². The van der Waals surface area contributed by atoms with Gasteiger partial charge in [0.1, 0.15) is 17.0 Å². The molecule has 0 aliphatic rings. The summed E-state index contributed by atoms with van der Waals surface area (Å²) < 4.78 is 18.7. The van der Waals surface area contributed by atoms with Crippen molar-refractivity contribution in [3.63, 3.8) is 0 Å². The van der Waals surface area contributed by atoms with Crippen molar-refractivity contribution in [3.8, 4) is 5.75 Å². The average Bonchev–Trinajstić information content (AvgIpc) is 2.95. The van der Waals surface area contributed by atoms with Crippen molar-refractivity contribution in [2.24, 2.45) is 0 Å². The molecule has 1 aromatic carbocycles. The zero-order valence-corrected chi connectivity index (χ0v) is 12.5. The topological polar surface area (TPSA) is 38.2 Å². The molecule has 3 aromatic rings. The van der Waals surface area contributed by atoms with Gasteiger partial charge in [-0.05, 0) is 29.1 Å². The maximum absolute atomic E-state index is 13.7. The molecule has 0 saturated heterocycles. The smallest absolute Gasteiger partial charge is 0.165 e. The standard InChI is InChI=1S/C15H14FN3OS/c1-19(8-10-3-4-13(20-2)12(16)7-10)14-11-5-6-21-15(11)18-9-17-14/h3-7,9H,8H2,1-2H3. The molecule has 0 aliphatic heterocycles. The second-order valence-corrected chi connectivity index (χ2v) is 5.56. The van der Waals surface area contributed by atoms with E-state index in [1.807, 2.05) is 29.5 Å². The number of ether oxygens (including phenoxy) is 1. The number of hydrogen-bond donors (Lipinski definition) is 0. The Balaban J connectivity index is 1.87. The molecule has 3 rings (SSSR count). The Kier molecular flexibility index (Phi) is 3.70. The van der Waals surface area contributed by atoms with E-state index >= 15 is 0 Å². The Morgan fingerprint density at radius 1 is 1.29 bits per heavy atom. The molecule has 0 saturated carbocycles. The summed E-state index contributed by atoms with van der Waals surface area (Å²) in [5.41, 5.74) is 0.859. The van der Waals surface area contributed by atoms with Crippen LogP contribution < -0.4 is 9.64 Å². The molecule has 0 atom stereocenters. The Morgan fingerprint density at radius 3 is 2.90 bits per heavy atom. The number of thiophene rings is 1. The van der Waals surface area contributed by atoms with Gasteiger partial charge >= 0.3 is 0 Å². The zero-order chi connectivity index (χ0) is 14.8. The second kappa shape index (κ2) is 5.65. The Morgan fingerprint density at radius 2 is 2.14 bits per heavy atom. The highest BCUT2D eigenvalue weighted by atomic mass is 32.1. The van der Waals surface area contributed by atoms with E-state index in [4.69, 9.17) is 4.74 Å². The highest BCUT2D eigenvalue weighted by Crippen LogP contribution is 2.27. The number of rotatable bonds is 4. The van der Waals surface area contributed by atoms with Crippen molar-refractivity contribution < 1.29 is 9.13 Å². The molecule has 0 radical (unpaired) electrons. The van der Waals surface area contributed by atoms with E-state index in [9.17, 15) is 4.39 Å². The van der Waals surface area contributed by atoms with E-state index in [0.29, 0.717) is 6.54 Å². The predicted molar refractivity (Wildman–Crippen MR) is 82.5 cm³/mol. The lowest BCUT2D eigenvalue weighted by Crippen LogP contribution is -2.18. The van der Waals surface area contributed by atoms with Crippen molar-refractivity contribution >= 4 is 27.4 Å². The Hall–Kier alpha value is -2.21. The van der Waals surface area contributed by atoms with Crippen LogP contribution in [0, 0.1) is 5.82 Å². The number of halogens is 1. The number of methoxy groups -OCH3 is 1. The van der Waals surface area contributed by atoms with Crippen molar-refractivity contribution in [3.05, 3.63) is 47.4 Å². The Labute approximate surface area is 125 Å². The summed E-state index contributed by atoms with van der Waals surface area (Å²) in [6.45, 7) is 0.558. The zero-order valence-electron chi connectivity index (χ0n) is 11.7. The summed E-state index contributed by atoms with van der Waals surface area (Å²) in [6.07, 6.45) is 1.55. The van der Waals surface area contributed by atoms with Gasteiger partial charge in [0.05, 0.1) is 12.5 Å². The van der Waals surface area contributed by atoms with Gasteiger partial charge in [-0.25, -0.2) is 14.4 Å². The van der Waals surface area contributed by atoms with Gasteiger partial charge in [-0.2, -0.15) is 0 Å². The van der Waals surface area contributed by atoms with E-state index in [0.717, 1.165) is 21.6 Å². The third kappa shape index (κ3) is 2.67. The van der Waals surface area contributed by atoms with Gasteiger partial charge in [0, 0.05) is 13.6 Å². The van der Waals surface area contributed by atoms with Gasteiger partial charge in [-0.3, -0.25) is 0 Å². The number of nitrogens with zero attached hydrogens (tertiary/aromatic N) is 3. The molecule has 6 heteroatoms. The molecule has 4 nitrogen and oxygen atoms in total.